The Morgan fingerprint density at radius 3 is 2.61 bits per heavy atom. The van der Waals surface area contributed by atoms with E-state index in [1.54, 1.807) is 0 Å². The highest BCUT2D eigenvalue weighted by Gasteiger charge is 2.09. The van der Waals surface area contributed by atoms with Gasteiger partial charge in [0.1, 0.15) is 0 Å². The summed E-state index contributed by atoms with van der Waals surface area (Å²) in [5, 5.41) is 6.28. The van der Waals surface area contributed by atoms with Crippen LogP contribution >= 0.6 is 22.6 Å². The summed E-state index contributed by atoms with van der Waals surface area (Å²) in [4.78, 5) is 14.2. The Morgan fingerprint density at radius 2 is 1.94 bits per heavy atom. The maximum absolute atomic E-state index is 11.9. The molecule has 98 valence electrons. The summed E-state index contributed by atoms with van der Waals surface area (Å²) in [5.41, 5.74) is 0.732. The van der Waals surface area contributed by atoms with Crippen molar-refractivity contribution in [1.82, 2.24) is 15.5 Å². The van der Waals surface area contributed by atoms with Crippen LogP contribution in [0.2, 0.25) is 0 Å². The zero-order valence-corrected chi connectivity index (χ0v) is 12.4. The minimum Gasteiger partial charge on any atom is -0.351 e. The summed E-state index contributed by atoms with van der Waals surface area (Å²) >= 11 is 2.23. The first kappa shape index (κ1) is 13.8. The third-order valence-electron chi connectivity index (χ3n) is 3.03. The fraction of sp³-hybridized carbons (Fsp3) is 0.462. The van der Waals surface area contributed by atoms with E-state index in [4.69, 9.17) is 0 Å². The lowest BCUT2D eigenvalue weighted by Crippen LogP contribution is -2.46. The number of amides is 1. The van der Waals surface area contributed by atoms with Gasteiger partial charge in [0.2, 0.25) is 0 Å². The number of piperazine rings is 1. The monoisotopic (exact) mass is 359 g/mol. The molecule has 2 rings (SSSR count). The zero-order valence-electron chi connectivity index (χ0n) is 10.3. The number of nitrogens with zero attached hydrogens (tertiary/aromatic N) is 1. The zero-order chi connectivity index (χ0) is 12.8. The van der Waals surface area contributed by atoms with Crippen LogP contribution in [-0.2, 0) is 0 Å². The molecule has 0 unspecified atom stereocenters. The van der Waals surface area contributed by atoms with Crippen molar-refractivity contribution in [1.29, 1.82) is 0 Å². The van der Waals surface area contributed by atoms with Crippen LogP contribution in [0.3, 0.4) is 0 Å². The predicted molar refractivity (Wildman–Crippen MR) is 80.8 cm³/mol. The van der Waals surface area contributed by atoms with Crippen molar-refractivity contribution in [2.24, 2.45) is 0 Å². The maximum Gasteiger partial charge on any atom is 0.251 e. The molecule has 0 aromatic heterocycles. The summed E-state index contributed by atoms with van der Waals surface area (Å²) in [7, 11) is 0. The number of hydrogen-bond acceptors (Lipinski definition) is 3. The second kappa shape index (κ2) is 7.06. The fourth-order valence-electron chi connectivity index (χ4n) is 1.97. The van der Waals surface area contributed by atoms with Gasteiger partial charge in [-0.25, -0.2) is 0 Å². The molecule has 5 heteroatoms. The van der Waals surface area contributed by atoms with Crippen molar-refractivity contribution in [2.45, 2.75) is 0 Å². The van der Waals surface area contributed by atoms with E-state index >= 15 is 0 Å². The molecule has 0 radical (unpaired) electrons. The Bertz CT molecular complexity index is 388. The molecule has 1 saturated heterocycles. The lowest BCUT2D eigenvalue weighted by molar-refractivity contribution is 0.0947. The van der Waals surface area contributed by atoms with Gasteiger partial charge in [0.05, 0.1) is 0 Å². The molecule has 1 amide bonds. The predicted octanol–water partition coefficient (Wildman–Crippen LogP) is 0.926. The number of carbonyl (C=O) groups excluding carboxylic acids is 1. The highest BCUT2D eigenvalue weighted by atomic mass is 127. The molecule has 1 aliphatic rings. The molecular formula is C13H18IN3O. The van der Waals surface area contributed by atoms with E-state index in [0.29, 0.717) is 6.54 Å². The molecule has 1 aliphatic heterocycles. The largest absolute Gasteiger partial charge is 0.351 e. The van der Waals surface area contributed by atoms with Gasteiger partial charge in [0.25, 0.3) is 5.91 Å². The van der Waals surface area contributed by atoms with Crippen molar-refractivity contribution in [3.63, 3.8) is 0 Å². The minimum absolute atomic E-state index is 0.0153. The van der Waals surface area contributed by atoms with Crippen LogP contribution in [0.1, 0.15) is 10.4 Å². The van der Waals surface area contributed by atoms with Crippen molar-refractivity contribution in [3.8, 4) is 0 Å². The normalized spacial score (nSPS) is 16.5. The molecule has 0 saturated carbocycles. The first-order valence-electron chi connectivity index (χ1n) is 6.22. The third kappa shape index (κ3) is 4.22. The van der Waals surface area contributed by atoms with Crippen molar-refractivity contribution in [2.75, 3.05) is 39.3 Å². The second-order valence-electron chi connectivity index (χ2n) is 4.35. The molecule has 1 heterocycles. The van der Waals surface area contributed by atoms with E-state index in [2.05, 4.69) is 38.1 Å². The highest BCUT2D eigenvalue weighted by molar-refractivity contribution is 14.1. The average Bonchev–Trinajstić information content (AvgIpc) is 2.40. The topological polar surface area (TPSA) is 44.4 Å². The van der Waals surface area contributed by atoms with E-state index in [9.17, 15) is 4.79 Å². The summed E-state index contributed by atoms with van der Waals surface area (Å²) in [6.07, 6.45) is 0. The van der Waals surface area contributed by atoms with Crippen LogP contribution < -0.4 is 10.6 Å². The number of benzene rings is 1. The van der Waals surface area contributed by atoms with Gasteiger partial charge in [-0.2, -0.15) is 0 Å². The third-order valence-corrected chi connectivity index (χ3v) is 3.75. The molecule has 1 aromatic carbocycles. The molecule has 2 N–H and O–H groups in total. The summed E-state index contributed by atoms with van der Waals surface area (Å²) in [5.74, 6) is 0.0153. The molecular weight excluding hydrogens is 341 g/mol. The molecule has 0 bridgehead atoms. The molecule has 0 atom stereocenters. The fourth-order valence-corrected chi connectivity index (χ4v) is 2.33. The van der Waals surface area contributed by atoms with Gasteiger partial charge >= 0.3 is 0 Å². The highest BCUT2D eigenvalue weighted by Crippen LogP contribution is 2.06. The lowest BCUT2D eigenvalue weighted by atomic mass is 10.2. The Hall–Kier alpha value is -0.660. The van der Waals surface area contributed by atoms with Crippen LogP contribution in [0.5, 0.6) is 0 Å². The quantitative estimate of drug-likeness (QED) is 0.787. The second-order valence-corrected chi connectivity index (χ2v) is 5.60. The first-order chi connectivity index (χ1) is 8.75. The van der Waals surface area contributed by atoms with E-state index < -0.39 is 0 Å². The number of nitrogens with one attached hydrogen (secondary N) is 2. The van der Waals surface area contributed by atoms with E-state index in [1.807, 2.05) is 24.3 Å². The molecule has 0 spiro atoms. The Balaban J connectivity index is 1.72. The lowest BCUT2D eigenvalue weighted by Gasteiger charge is -2.27. The SMILES string of the molecule is O=C(NCCN1CCNCC1)c1ccc(I)cc1. The van der Waals surface area contributed by atoms with Gasteiger partial charge in [-0.3, -0.25) is 9.69 Å². The number of carbonyl (C=O) groups is 1. The summed E-state index contributed by atoms with van der Waals surface area (Å²) in [6, 6.07) is 7.63. The first-order valence-corrected chi connectivity index (χ1v) is 7.30. The van der Waals surface area contributed by atoms with Gasteiger partial charge < -0.3 is 10.6 Å². The minimum atomic E-state index is 0.0153. The van der Waals surface area contributed by atoms with Gasteiger partial charge in [-0.15, -0.1) is 0 Å². The maximum atomic E-state index is 11.9. The van der Waals surface area contributed by atoms with Crippen molar-refractivity contribution in [3.05, 3.63) is 33.4 Å². The number of hydrogen-bond donors (Lipinski definition) is 2. The Kier molecular flexibility index (Phi) is 5.40. The molecule has 1 fully saturated rings. The van der Waals surface area contributed by atoms with E-state index in [-0.39, 0.29) is 5.91 Å². The summed E-state index contributed by atoms with van der Waals surface area (Å²) in [6.45, 7) is 5.87. The summed E-state index contributed by atoms with van der Waals surface area (Å²) < 4.78 is 1.14. The van der Waals surface area contributed by atoms with Gasteiger partial charge in [0, 0.05) is 48.4 Å². The van der Waals surface area contributed by atoms with Crippen LogP contribution in [0.25, 0.3) is 0 Å². The van der Waals surface area contributed by atoms with Crippen LogP contribution in [0.15, 0.2) is 24.3 Å². The smallest absolute Gasteiger partial charge is 0.251 e. The number of halogens is 1. The standard InChI is InChI=1S/C13H18IN3O/c14-12-3-1-11(2-4-12)13(18)16-7-10-17-8-5-15-6-9-17/h1-4,15H,5-10H2,(H,16,18). The Labute approximate surface area is 121 Å². The molecule has 0 aliphatic carbocycles. The van der Waals surface area contributed by atoms with Gasteiger partial charge in [-0.05, 0) is 46.9 Å². The van der Waals surface area contributed by atoms with E-state index in [0.717, 1.165) is 41.9 Å². The van der Waals surface area contributed by atoms with Crippen molar-refractivity contribution < 1.29 is 4.79 Å². The molecule has 1 aromatic rings. The van der Waals surface area contributed by atoms with Gasteiger partial charge in [-0.1, -0.05) is 0 Å². The molecule has 4 nitrogen and oxygen atoms in total. The number of rotatable bonds is 4. The van der Waals surface area contributed by atoms with Gasteiger partial charge in [0.15, 0.2) is 0 Å². The average molecular weight is 359 g/mol. The van der Waals surface area contributed by atoms with Crippen LogP contribution in [0.4, 0.5) is 0 Å². The van der Waals surface area contributed by atoms with Crippen molar-refractivity contribution >= 4 is 28.5 Å². The van der Waals surface area contributed by atoms with Crippen LogP contribution in [-0.4, -0.2) is 50.1 Å². The molecule has 18 heavy (non-hydrogen) atoms. The van der Waals surface area contributed by atoms with E-state index in [1.165, 1.54) is 0 Å². The Morgan fingerprint density at radius 1 is 1.28 bits per heavy atom. The van der Waals surface area contributed by atoms with Crippen LogP contribution in [0, 0.1) is 3.57 Å².